The standard InChI is InChI=1S/C20H17F4N3O3/c1-25-20(30)18(10-2-4-13(22)14(23)6-10)26-19(29)11-7-17(28)27(9-11)16-5-3-12(21)8-15(16)24/h2-6,8,11,18H,7,9H2,1H3,(H,25,30)(H,26,29). The molecule has 1 heterocycles. The molecule has 0 saturated carbocycles. The second kappa shape index (κ2) is 8.52. The maximum Gasteiger partial charge on any atom is 0.246 e. The van der Waals surface area contributed by atoms with Gasteiger partial charge in [0.2, 0.25) is 17.7 Å². The van der Waals surface area contributed by atoms with E-state index in [9.17, 15) is 31.9 Å². The monoisotopic (exact) mass is 423 g/mol. The minimum absolute atomic E-state index is 0.00681. The first-order valence-electron chi connectivity index (χ1n) is 8.93. The van der Waals surface area contributed by atoms with Gasteiger partial charge in [-0.1, -0.05) is 6.07 Å². The summed E-state index contributed by atoms with van der Waals surface area (Å²) in [7, 11) is 1.31. The Labute approximate surface area is 168 Å². The maximum absolute atomic E-state index is 14.0. The third-order valence-electron chi connectivity index (χ3n) is 4.77. The predicted octanol–water partition coefficient (Wildman–Crippen LogP) is 2.20. The molecular weight excluding hydrogens is 406 g/mol. The number of amides is 3. The molecule has 1 saturated heterocycles. The highest BCUT2D eigenvalue weighted by Gasteiger charge is 2.37. The topological polar surface area (TPSA) is 78.5 Å². The van der Waals surface area contributed by atoms with Crippen LogP contribution in [0.3, 0.4) is 0 Å². The summed E-state index contributed by atoms with van der Waals surface area (Å²) in [6, 6.07) is 4.14. The minimum Gasteiger partial charge on any atom is -0.357 e. The number of carbonyl (C=O) groups excluding carboxylic acids is 3. The van der Waals surface area contributed by atoms with Gasteiger partial charge in [0.25, 0.3) is 0 Å². The quantitative estimate of drug-likeness (QED) is 0.724. The molecule has 0 radical (unpaired) electrons. The third kappa shape index (κ3) is 4.27. The van der Waals surface area contributed by atoms with E-state index in [1.807, 2.05) is 0 Å². The molecule has 0 aromatic heterocycles. The number of hydrogen-bond acceptors (Lipinski definition) is 3. The molecule has 2 atom stereocenters. The molecular formula is C20H17F4N3O3. The lowest BCUT2D eigenvalue weighted by Crippen LogP contribution is -2.42. The number of halogens is 4. The molecule has 10 heteroatoms. The first-order chi connectivity index (χ1) is 14.2. The molecule has 1 aliphatic rings. The van der Waals surface area contributed by atoms with Crippen LogP contribution in [0.15, 0.2) is 36.4 Å². The van der Waals surface area contributed by atoms with Gasteiger partial charge in [0.15, 0.2) is 11.6 Å². The molecule has 3 amide bonds. The molecule has 0 bridgehead atoms. The Hall–Kier alpha value is -3.43. The molecule has 0 spiro atoms. The summed E-state index contributed by atoms with van der Waals surface area (Å²) in [6.45, 7) is -0.189. The second-order valence-electron chi connectivity index (χ2n) is 6.73. The molecule has 3 rings (SSSR count). The van der Waals surface area contributed by atoms with Crippen molar-refractivity contribution in [3.05, 3.63) is 65.2 Å². The highest BCUT2D eigenvalue weighted by Crippen LogP contribution is 2.28. The van der Waals surface area contributed by atoms with E-state index in [1.54, 1.807) is 0 Å². The largest absolute Gasteiger partial charge is 0.357 e. The lowest BCUT2D eigenvalue weighted by Gasteiger charge is -2.21. The average molecular weight is 423 g/mol. The smallest absolute Gasteiger partial charge is 0.246 e. The third-order valence-corrected chi connectivity index (χ3v) is 4.77. The van der Waals surface area contributed by atoms with Crippen LogP contribution in [0.2, 0.25) is 0 Å². The number of hydrogen-bond donors (Lipinski definition) is 2. The number of likely N-dealkylation sites (N-methyl/N-ethyl adjacent to an activating group) is 1. The van der Waals surface area contributed by atoms with Gasteiger partial charge in [-0.2, -0.15) is 0 Å². The summed E-state index contributed by atoms with van der Waals surface area (Å²) in [5.41, 5.74) is -0.160. The number of nitrogens with one attached hydrogen (secondary N) is 2. The number of anilines is 1. The Kier molecular flexibility index (Phi) is 6.04. The van der Waals surface area contributed by atoms with Gasteiger partial charge in [0, 0.05) is 26.1 Å². The minimum atomic E-state index is -1.33. The summed E-state index contributed by atoms with van der Waals surface area (Å²) in [6.07, 6.45) is -0.263. The summed E-state index contributed by atoms with van der Waals surface area (Å²) in [4.78, 5) is 38.1. The fourth-order valence-electron chi connectivity index (χ4n) is 3.21. The van der Waals surface area contributed by atoms with Crippen LogP contribution >= 0.6 is 0 Å². The van der Waals surface area contributed by atoms with Crippen molar-refractivity contribution in [2.24, 2.45) is 5.92 Å². The first-order valence-corrected chi connectivity index (χ1v) is 8.93. The number of benzene rings is 2. The van der Waals surface area contributed by atoms with E-state index >= 15 is 0 Å². The van der Waals surface area contributed by atoms with Crippen molar-refractivity contribution in [3.63, 3.8) is 0 Å². The van der Waals surface area contributed by atoms with Gasteiger partial charge < -0.3 is 15.5 Å². The van der Waals surface area contributed by atoms with E-state index in [0.29, 0.717) is 6.07 Å². The second-order valence-corrected chi connectivity index (χ2v) is 6.73. The van der Waals surface area contributed by atoms with Gasteiger partial charge in [0.1, 0.15) is 17.7 Å². The molecule has 0 aliphatic carbocycles. The molecule has 1 fully saturated rings. The average Bonchev–Trinajstić information content (AvgIpc) is 3.09. The molecule has 2 aromatic carbocycles. The predicted molar refractivity (Wildman–Crippen MR) is 98.1 cm³/mol. The Morgan fingerprint density at radius 3 is 2.40 bits per heavy atom. The maximum atomic E-state index is 14.0. The fourth-order valence-corrected chi connectivity index (χ4v) is 3.21. The highest BCUT2D eigenvalue weighted by molar-refractivity contribution is 6.01. The van der Waals surface area contributed by atoms with Crippen molar-refractivity contribution in [1.29, 1.82) is 0 Å². The Bertz CT molecular complexity index is 1010. The van der Waals surface area contributed by atoms with E-state index in [0.717, 1.165) is 35.2 Å². The molecule has 30 heavy (non-hydrogen) atoms. The first kappa shape index (κ1) is 21.3. The van der Waals surface area contributed by atoms with Crippen molar-refractivity contribution < 1.29 is 31.9 Å². The van der Waals surface area contributed by atoms with Gasteiger partial charge in [-0.3, -0.25) is 14.4 Å². The van der Waals surface area contributed by atoms with Gasteiger partial charge in [0.05, 0.1) is 11.6 Å². The zero-order valence-corrected chi connectivity index (χ0v) is 15.7. The van der Waals surface area contributed by atoms with Crippen molar-refractivity contribution in [2.45, 2.75) is 12.5 Å². The van der Waals surface area contributed by atoms with E-state index in [1.165, 1.54) is 7.05 Å². The molecule has 2 N–H and O–H groups in total. The number of carbonyl (C=O) groups is 3. The van der Waals surface area contributed by atoms with E-state index in [4.69, 9.17) is 0 Å². The van der Waals surface area contributed by atoms with Crippen LogP contribution in [0.5, 0.6) is 0 Å². The van der Waals surface area contributed by atoms with E-state index in [2.05, 4.69) is 10.6 Å². The van der Waals surface area contributed by atoms with Crippen molar-refractivity contribution >= 4 is 23.4 Å². The lowest BCUT2D eigenvalue weighted by molar-refractivity contribution is -0.131. The van der Waals surface area contributed by atoms with Crippen LogP contribution < -0.4 is 15.5 Å². The van der Waals surface area contributed by atoms with Gasteiger partial charge >= 0.3 is 0 Å². The van der Waals surface area contributed by atoms with Gasteiger partial charge in [-0.15, -0.1) is 0 Å². The Morgan fingerprint density at radius 2 is 1.77 bits per heavy atom. The van der Waals surface area contributed by atoms with Crippen LogP contribution in [-0.4, -0.2) is 31.3 Å². The Morgan fingerprint density at radius 1 is 1.03 bits per heavy atom. The van der Waals surface area contributed by atoms with Gasteiger partial charge in [-0.05, 0) is 29.8 Å². The van der Waals surface area contributed by atoms with Crippen LogP contribution in [0.4, 0.5) is 23.2 Å². The van der Waals surface area contributed by atoms with Gasteiger partial charge in [-0.25, -0.2) is 17.6 Å². The fraction of sp³-hybridized carbons (Fsp3) is 0.250. The number of nitrogens with zero attached hydrogens (tertiary/aromatic N) is 1. The summed E-state index contributed by atoms with van der Waals surface area (Å²) in [5.74, 6) is -6.92. The summed E-state index contributed by atoms with van der Waals surface area (Å²) < 4.78 is 53.9. The van der Waals surface area contributed by atoms with Crippen molar-refractivity contribution in [2.75, 3.05) is 18.5 Å². The highest BCUT2D eigenvalue weighted by atomic mass is 19.2. The molecule has 158 valence electrons. The Balaban J connectivity index is 1.78. The molecule has 6 nitrogen and oxygen atoms in total. The van der Waals surface area contributed by atoms with Crippen LogP contribution in [0.25, 0.3) is 0 Å². The zero-order valence-electron chi connectivity index (χ0n) is 15.7. The van der Waals surface area contributed by atoms with Crippen LogP contribution in [-0.2, 0) is 14.4 Å². The van der Waals surface area contributed by atoms with Crippen LogP contribution in [0.1, 0.15) is 18.0 Å². The number of rotatable bonds is 5. The van der Waals surface area contributed by atoms with Crippen LogP contribution in [0, 0.1) is 29.2 Å². The van der Waals surface area contributed by atoms with Crippen molar-refractivity contribution in [1.82, 2.24) is 10.6 Å². The molecule has 2 aromatic rings. The summed E-state index contributed by atoms with van der Waals surface area (Å²) in [5, 5.41) is 4.73. The lowest BCUT2D eigenvalue weighted by atomic mass is 10.0. The summed E-state index contributed by atoms with van der Waals surface area (Å²) >= 11 is 0. The zero-order chi connectivity index (χ0) is 22.0. The normalized spacial score (nSPS) is 17.0. The van der Waals surface area contributed by atoms with E-state index in [-0.39, 0.29) is 24.2 Å². The van der Waals surface area contributed by atoms with E-state index < -0.39 is 53.0 Å². The SMILES string of the molecule is CNC(=O)C(NC(=O)C1CC(=O)N(c2ccc(F)cc2F)C1)c1ccc(F)c(F)c1. The molecule has 1 aliphatic heterocycles. The molecule has 2 unspecified atom stereocenters. The van der Waals surface area contributed by atoms with Crippen molar-refractivity contribution in [3.8, 4) is 0 Å².